The Morgan fingerprint density at radius 1 is 1.42 bits per heavy atom. The highest BCUT2D eigenvalue weighted by Gasteiger charge is 2.35. The largest absolute Gasteiger partial charge is 0.487 e. The molecule has 19 heavy (non-hydrogen) atoms. The van der Waals surface area contributed by atoms with E-state index in [0.717, 1.165) is 19.1 Å². The van der Waals surface area contributed by atoms with E-state index in [0.29, 0.717) is 11.3 Å². The number of hydrogen-bond donors (Lipinski definition) is 0. The molecule has 0 spiro atoms. The third-order valence-corrected chi connectivity index (χ3v) is 3.44. The molecule has 0 saturated heterocycles. The molecular formula is C14H15ClO4. The van der Waals surface area contributed by atoms with E-state index >= 15 is 0 Å². The van der Waals surface area contributed by atoms with Crippen LogP contribution < -0.4 is 4.74 Å². The van der Waals surface area contributed by atoms with Gasteiger partial charge in [0.2, 0.25) is 0 Å². The number of methoxy groups -OCH3 is 1. The van der Waals surface area contributed by atoms with Crippen molar-refractivity contribution in [1.82, 2.24) is 0 Å². The summed E-state index contributed by atoms with van der Waals surface area (Å²) < 4.78 is 10.2. The summed E-state index contributed by atoms with van der Waals surface area (Å²) in [6, 6.07) is 5.43. The first-order valence-corrected chi connectivity index (χ1v) is 6.36. The molecule has 1 aromatic carbocycles. The minimum absolute atomic E-state index is 0.330. The van der Waals surface area contributed by atoms with Crippen LogP contribution in [0.2, 0.25) is 0 Å². The zero-order valence-corrected chi connectivity index (χ0v) is 11.8. The van der Waals surface area contributed by atoms with E-state index in [2.05, 4.69) is 4.74 Å². The number of fused-ring (bicyclic) bond motifs is 1. The zero-order valence-electron chi connectivity index (χ0n) is 11.0. The van der Waals surface area contributed by atoms with E-state index in [-0.39, 0.29) is 5.60 Å². The van der Waals surface area contributed by atoms with Crippen molar-refractivity contribution in [2.24, 2.45) is 0 Å². The number of alkyl halides is 1. The SMILES string of the molecule is COC(=O)C(=O)C(Cl)c1cccc2c1OC(C)(C)C2. The van der Waals surface area contributed by atoms with Crippen LogP contribution in [0.4, 0.5) is 0 Å². The molecule has 0 aliphatic carbocycles. The lowest BCUT2D eigenvalue weighted by Gasteiger charge is -2.19. The van der Waals surface area contributed by atoms with E-state index in [1.54, 1.807) is 12.1 Å². The van der Waals surface area contributed by atoms with Gasteiger partial charge in [0.05, 0.1) is 7.11 Å². The zero-order chi connectivity index (χ0) is 14.2. The van der Waals surface area contributed by atoms with Crippen molar-refractivity contribution >= 4 is 23.4 Å². The Morgan fingerprint density at radius 3 is 2.74 bits per heavy atom. The fraction of sp³-hybridized carbons (Fsp3) is 0.429. The Morgan fingerprint density at radius 2 is 2.11 bits per heavy atom. The third-order valence-electron chi connectivity index (χ3n) is 3.01. The van der Waals surface area contributed by atoms with Gasteiger partial charge in [0.1, 0.15) is 16.7 Å². The average Bonchev–Trinajstić information content (AvgIpc) is 2.69. The number of esters is 1. The summed E-state index contributed by atoms with van der Waals surface area (Å²) >= 11 is 6.08. The van der Waals surface area contributed by atoms with Gasteiger partial charge in [-0.3, -0.25) is 4.79 Å². The van der Waals surface area contributed by atoms with Gasteiger partial charge in [-0.2, -0.15) is 0 Å². The maximum absolute atomic E-state index is 11.8. The number of rotatable bonds is 3. The molecule has 5 heteroatoms. The Labute approximate surface area is 116 Å². The standard InChI is InChI=1S/C14H15ClO4/c1-14(2)7-8-5-4-6-9(12(8)19-14)10(15)11(16)13(17)18-3/h4-6,10H,7H2,1-3H3. The average molecular weight is 283 g/mol. The molecule has 0 fully saturated rings. The summed E-state index contributed by atoms with van der Waals surface area (Å²) in [5.74, 6) is -1.13. The molecule has 0 saturated carbocycles. The van der Waals surface area contributed by atoms with E-state index in [1.807, 2.05) is 19.9 Å². The Kier molecular flexibility index (Phi) is 3.54. The van der Waals surface area contributed by atoms with Gasteiger partial charge < -0.3 is 9.47 Å². The van der Waals surface area contributed by atoms with Crippen LogP contribution in [0.3, 0.4) is 0 Å². The first-order chi connectivity index (χ1) is 8.85. The summed E-state index contributed by atoms with van der Waals surface area (Å²) in [5, 5.41) is -1.09. The van der Waals surface area contributed by atoms with Crippen molar-refractivity contribution in [3.05, 3.63) is 29.3 Å². The van der Waals surface area contributed by atoms with Gasteiger partial charge in [0.15, 0.2) is 0 Å². The molecule has 0 radical (unpaired) electrons. The molecule has 0 amide bonds. The van der Waals surface area contributed by atoms with Gasteiger partial charge in [-0.25, -0.2) is 4.79 Å². The van der Waals surface area contributed by atoms with Crippen molar-refractivity contribution in [3.63, 3.8) is 0 Å². The highest BCUT2D eigenvalue weighted by molar-refractivity contribution is 6.47. The van der Waals surface area contributed by atoms with Crippen LogP contribution in [0, 0.1) is 0 Å². The third kappa shape index (κ3) is 2.59. The smallest absolute Gasteiger partial charge is 0.376 e. The van der Waals surface area contributed by atoms with Gasteiger partial charge in [0.25, 0.3) is 5.78 Å². The van der Waals surface area contributed by atoms with Crippen LogP contribution in [0.5, 0.6) is 5.75 Å². The number of Topliss-reactive ketones (excluding diaryl/α,β-unsaturated/α-hetero) is 1. The summed E-state index contributed by atoms with van der Waals surface area (Å²) in [7, 11) is 1.15. The number of para-hydroxylation sites is 1. The summed E-state index contributed by atoms with van der Waals surface area (Å²) in [4.78, 5) is 23.0. The molecule has 102 valence electrons. The molecular weight excluding hydrogens is 268 g/mol. The van der Waals surface area contributed by atoms with Crippen molar-refractivity contribution in [3.8, 4) is 5.75 Å². The second-order valence-corrected chi connectivity index (χ2v) is 5.53. The van der Waals surface area contributed by atoms with Gasteiger partial charge in [-0.1, -0.05) is 18.2 Å². The maximum Gasteiger partial charge on any atom is 0.376 e. The minimum atomic E-state index is -1.09. The Balaban J connectivity index is 2.36. The fourth-order valence-corrected chi connectivity index (χ4v) is 2.45. The van der Waals surface area contributed by atoms with Crippen LogP contribution in [0.15, 0.2) is 18.2 Å². The van der Waals surface area contributed by atoms with Crippen molar-refractivity contribution in [2.75, 3.05) is 7.11 Å². The lowest BCUT2D eigenvalue weighted by molar-refractivity contribution is -0.151. The first kappa shape index (κ1) is 13.9. The van der Waals surface area contributed by atoms with Gasteiger partial charge in [-0.15, -0.1) is 11.6 Å². The first-order valence-electron chi connectivity index (χ1n) is 5.93. The number of carbonyl (C=O) groups excluding carboxylic acids is 2. The molecule has 0 aromatic heterocycles. The lowest BCUT2D eigenvalue weighted by atomic mass is 9.99. The van der Waals surface area contributed by atoms with Crippen molar-refractivity contribution in [1.29, 1.82) is 0 Å². The number of ketones is 1. The van der Waals surface area contributed by atoms with Crippen molar-refractivity contribution < 1.29 is 19.1 Å². The van der Waals surface area contributed by atoms with E-state index < -0.39 is 17.1 Å². The van der Waals surface area contributed by atoms with E-state index in [9.17, 15) is 9.59 Å². The Bertz CT molecular complexity index is 536. The molecule has 0 bridgehead atoms. The van der Waals surface area contributed by atoms with Gasteiger partial charge in [0, 0.05) is 12.0 Å². The van der Waals surface area contributed by atoms with Crippen LogP contribution in [-0.2, 0) is 20.7 Å². The summed E-state index contributed by atoms with van der Waals surface area (Å²) in [6.45, 7) is 3.92. The summed E-state index contributed by atoms with van der Waals surface area (Å²) in [5.41, 5.74) is 1.18. The van der Waals surface area contributed by atoms with E-state index in [4.69, 9.17) is 16.3 Å². The monoisotopic (exact) mass is 282 g/mol. The highest BCUT2D eigenvalue weighted by Crippen LogP contribution is 2.41. The van der Waals surface area contributed by atoms with Gasteiger partial charge in [-0.05, 0) is 19.4 Å². The number of ether oxygens (including phenoxy) is 2. The number of benzene rings is 1. The molecule has 4 nitrogen and oxygen atoms in total. The molecule has 1 aliphatic rings. The molecule has 2 rings (SSSR count). The highest BCUT2D eigenvalue weighted by atomic mass is 35.5. The molecule has 1 aromatic rings. The minimum Gasteiger partial charge on any atom is -0.487 e. The molecule has 1 unspecified atom stereocenters. The van der Waals surface area contributed by atoms with Crippen molar-refractivity contribution in [2.45, 2.75) is 31.2 Å². The molecule has 1 heterocycles. The van der Waals surface area contributed by atoms with Gasteiger partial charge >= 0.3 is 5.97 Å². The predicted octanol–water partition coefficient (Wildman–Crippen LogP) is 2.42. The topological polar surface area (TPSA) is 52.6 Å². The maximum atomic E-state index is 11.8. The summed E-state index contributed by atoms with van der Waals surface area (Å²) in [6.07, 6.45) is 0.742. The number of halogens is 1. The molecule has 0 N–H and O–H groups in total. The van der Waals surface area contributed by atoms with Crippen LogP contribution in [0.1, 0.15) is 30.4 Å². The molecule has 1 atom stereocenters. The molecule has 1 aliphatic heterocycles. The quantitative estimate of drug-likeness (QED) is 0.485. The number of hydrogen-bond acceptors (Lipinski definition) is 4. The number of carbonyl (C=O) groups is 2. The lowest BCUT2D eigenvalue weighted by Crippen LogP contribution is -2.25. The van der Waals surface area contributed by atoms with Crippen LogP contribution in [-0.4, -0.2) is 24.5 Å². The van der Waals surface area contributed by atoms with E-state index in [1.165, 1.54) is 0 Å². The van der Waals surface area contributed by atoms with Crippen LogP contribution in [0.25, 0.3) is 0 Å². The second kappa shape index (κ2) is 4.85. The fourth-order valence-electron chi connectivity index (χ4n) is 2.18. The Hall–Kier alpha value is -1.55. The second-order valence-electron chi connectivity index (χ2n) is 5.09. The predicted molar refractivity (Wildman–Crippen MR) is 70.5 cm³/mol. The van der Waals surface area contributed by atoms with Crippen LogP contribution >= 0.6 is 11.6 Å². The normalized spacial score (nSPS) is 17.3.